The molecule has 0 saturated heterocycles. The van der Waals surface area contributed by atoms with E-state index in [1.165, 1.54) is 0 Å². The van der Waals surface area contributed by atoms with Crippen LogP contribution in [0.1, 0.15) is 41.2 Å². The number of carboxylic acids is 1. The van der Waals surface area contributed by atoms with Gasteiger partial charge in [0, 0.05) is 5.69 Å². The van der Waals surface area contributed by atoms with Crippen LogP contribution >= 0.6 is 0 Å². The number of aromatic nitrogens is 2. The Kier molecular flexibility index (Phi) is 5.07. The molecule has 1 unspecified atom stereocenters. The fourth-order valence-electron chi connectivity index (χ4n) is 2.65. The second-order valence-corrected chi connectivity index (χ2v) is 6.46. The number of benzene rings is 1. The van der Waals surface area contributed by atoms with E-state index in [2.05, 4.69) is 16.5 Å². The molecule has 1 aromatic heterocycles. The normalized spacial score (nSPS) is 12.2. The monoisotopic (exact) mass is 329 g/mol. The van der Waals surface area contributed by atoms with Crippen molar-refractivity contribution >= 4 is 11.9 Å². The first kappa shape index (κ1) is 17.7. The Morgan fingerprint density at radius 2 is 1.67 bits per heavy atom. The van der Waals surface area contributed by atoms with Gasteiger partial charge >= 0.3 is 5.97 Å². The van der Waals surface area contributed by atoms with E-state index in [4.69, 9.17) is 0 Å². The minimum Gasteiger partial charge on any atom is -0.480 e. The molecular weight excluding hydrogens is 306 g/mol. The number of aryl methyl sites for hydroxylation is 3. The van der Waals surface area contributed by atoms with Gasteiger partial charge in [0.25, 0.3) is 5.91 Å². The summed E-state index contributed by atoms with van der Waals surface area (Å²) in [5, 5.41) is 16.1. The average Bonchev–Trinajstić information content (AvgIpc) is 2.84. The van der Waals surface area contributed by atoms with Crippen molar-refractivity contribution in [2.45, 2.75) is 40.7 Å². The van der Waals surface area contributed by atoms with Gasteiger partial charge in [0.1, 0.15) is 6.04 Å². The second kappa shape index (κ2) is 6.86. The smallest absolute Gasteiger partial charge is 0.326 e. The summed E-state index contributed by atoms with van der Waals surface area (Å²) in [4.78, 5) is 23.6. The van der Waals surface area contributed by atoms with Gasteiger partial charge in [0.15, 0.2) is 5.69 Å². The highest BCUT2D eigenvalue weighted by Crippen LogP contribution is 2.16. The zero-order valence-corrected chi connectivity index (χ0v) is 14.6. The first-order valence-corrected chi connectivity index (χ1v) is 7.88. The maximum absolute atomic E-state index is 12.3. The highest BCUT2D eigenvalue weighted by Gasteiger charge is 2.25. The standard InChI is InChI=1S/C18H23N3O3/c1-10(2)16(18(23)24)19-17(22)15-9-13(5)21(20-15)14-7-11(3)6-12(4)8-14/h6-10,16H,1-5H3,(H,19,22)(H,23,24). The van der Waals surface area contributed by atoms with Gasteiger partial charge in [-0.25, -0.2) is 9.48 Å². The molecule has 1 aromatic carbocycles. The molecule has 6 nitrogen and oxygen atoms in total. The van der Waals surface area contributed by atoms with Gasteiger partial charge in [-0.15, -0.1) is 0 Å². The molecule has 0 bridgehead atoms. The van der Waals surface area contributed by atoms with Crippen LogP contribution in [0.4, 0.5) is 0 Å². The van der Waals surface area contributed by atoms with Crippen molar-refractivity contribution in [1.82, 2.24) is 15.1 Å². The molecule has 0 fully saturated rings. The summed E-state index contributed by atoms with van der Waals surface area (Å²) in [6, 6.07) is 6.76. The zero-order chi connectivity index (χ0) is 18.0. The van der Waals surface area contributed by atoms with Crippen LogP contribution in [0.15, 0.2) is 24.3 Å². The molecule has 0 aliphatic heterocycles. The van der Waals surface area contributed by atoms with E-state index in [9.17, 15) is 14.7 Å². The quantitative estimate of drug-likeness (QED) is 0.883. The Labute approximate surface area is 141 Å². The van der Waals surface area contributed by atoms with Crippen molar-refractivity contribution in [3.05, 3.63) is 46.8 Å². The minimum absolute atomic E-state index is 0.207. The fourth-order valence-corrected chi connectivity index (χ4v) is 2.65. The van der Waals surface area contributed by atoms with E-state index in [1.54, 1.807) is 24.6 Å². The Balaban J connectivity index is 2.31. The SMILES string of the molecule is Cc1cc(C)cc(-n2nc(C(=O)NC(C(=O)O)C(C)C)cc2C)c1. The first-order valence-electron chi connectivity index (χ1n) is 7.88. The minimum atomic E-state index is -1.05. The number of amides is 1. The lowest BCUT2D eigenvalue weighted by Gasteiger charge is -2.16. The van der Waals surface area contributed by atoms with Crippen LogP contribution < -0.4 is 5.32 Å². The predicted molar refractivity (Wildman–Crippen MR) is 91.5 cm³/mol. The molecule has 24 heavy (non-hydrogen) atoms. The van der Waals surface area contributed by atoms with Gasteiger partial charge in [0.2, 0.25) is 0 Å². The lowest BCUT2D eigenvalue weighted by Crippen LogP contribution is -2.44. The van der Waals surface area contributed by atoms with Crippen molar-refractivity contribution in [3.63, 3.8) is 0 Å². The number of hydrogen-bond donors (Lipinski definition) is 2. The van der Waals surface area contributed by atoms with E-state index in [1.807, 2.05) is 32.9 Å². The summed E-state index contributed by atoms with van der Waals surface area (Å²) in [6.45, 7) is 9.36. The molecule has 2 rings (SSSR count). The van der Waals surface area contributed by atoms with Gasteiger partial charge in [0.05, 0.1) is 5.69 Å². The summed E-state index contributed by atoms with van der Waals surface area (Å²) in [7, 11) is 0. The van der Waals surface area contributed by atoms with Crippen molar-refractivity contribution < 1.29 is 14.7 Å². The maximum atomic E-state index is 12.3. The Hall–Kier alpha value is -2.63. The lowest BCUT2D eigenvalue weighted by molar-refractivity contribution is -0.140. The topological polar surface area (TPSA) is 84.2 Å². The maximum Gasteiger partial charge on any atom is 0.326 e. The van der Waals surface area contributed by atoms with Crippen LogP contribution in [-0.4, -0.2) is 32.8 Å². The molecule has 0 spiro atoms. The van der Waals surface area contributed by atoms with Crippen LogP contribution in [0, 0.1) is 26.7 Å². The van der Waals surface area contributed by atoms with Gasteiger partial charge in [-0.3, -0.25) is 4.79 Å². The molecule has 1 amide bonds. The highest BCUT2D eigenvalue weighted by molar-refractivity contribution is 5.95. The fraction of sp³-hybridized carbons (Fsp3) is 0.389. The van der Waals surface area contributed by atoms with Crippen LogP contribution in [0.25, 0.3) is 5.69 Å². The molecule has 0 aliphatic carbocycles. The number of carbonyl (C=O) groups excluding carboxylic acids is 1. The third-order valence-corrected chi connectivity index (χ3v) is 3.79. The number of nitrogens with zero attached hydrogens (tertiary/aromatic N) is 2. The molecule has 0 saturated carbocycles. The number of nitrogens with one attached hydrogen (secondary N) is 1. The molecule has 2 aromatic rings. The van der Waals surface area contributed by atoms with E-state index in [0.717, 1.165) is 22.5 Å². The summed E-state index contributed by atoms with van der Waals surface area (Å²) in [5.74, 6) is -1.75. The van der Waals surface area contributed by atoms with Crippen LogP contribution in [-0.2, 0) is 4.79 Å². The summed E-state index contributed by atoms with van der Waals surface area (Å²) < 4.78 is 1.69. The molecule has 128 valence electrons. The zero-order valence-electron chi connectivity index (χ0n) is 14.6. The van der Waals surface area contributed by atoms with Crippen molar-refractivity contribution in [2.75, 3.05) is 0 Å². The summed E-state index contributed by atoms with van der Waals surface area (Å²) in [6.07, 6.45) is 0. The largest absolute Gasteiger partial charge is 0.480 e. The predicted octanol–water partition coefficient (Wildman–Crippen LogP) is 2.64. The van der Waals surface area contributed by atoms with Crippen molar-refractivity contribution in [2.24, 2.45) is 5.92 Å². The highest BCUT2D eigenvalue weighted by atomic mass is 16.4. The van der Waals surface area contributed by atoms with Gasteiger partial charge < -0.3 is 10.4 Å². The van der Waals surface area contributed by atoms with Crippen LogP contribution in [0.5, 0.6) is 0 Å². The molecule has 0 radical (unpaired) electrons. The van der Waals surface area contributed by atoms with Crippen LogP contribution in [0.2, 0.25) is 0 Å². The molecule has 6 heteroatoms. The molecule has 1 heterocycles. The first-order chi connectivity index (χ1) is 11.2. The molecule has 0 aliphatic rings. The van der Waals surface area contributed by atoms with E-state index >= 15 is 0 Å². The van der Waals surface area contributed by atoms with Gasteiger partial charge in [-0.05, 0) is 56.0 Å². The number of rotatable bonds is 5. The number of aliphatic carboxylic acids is 1. The van der Waals surface area contributed by atoms with Crippen molar-refractivity contribution in [3.8, 4) is 5.69 Å². The second-order valence-electron chi connectivity index (χ2n) is 6.46. The number of carboxylic acid groups (broad SMARTS) is 1. The van der Waals surface area contributed by atoms with Crippen molar-refractivity contribution in [1.29, 1.82) is 0 Å². The molecular formula is C18H23N3O3. The Morgan fingerprint density at radius 3 is 2.17 bits per heavy atom. The van der Waals surface area contributed by atoms with Gasteiger partial charge in [-0.1, -0.05) is 19.9 Å². The third-order valence-electron chi connectivity index (χ3n) is 3.79. The average molecular weight is 329 g/mol. The summed E-state index contributed by atoms with van der Waals surface area (Å²) >= 11 is 0. The Bertz CT molecular complexity index is 758. The third kappa shape index (κ3) is 3.82. The lowest BCUT2D eigenvalue weighted by atomic mass is 10.0. The molecule has 2 N–H and O–H groups in total. The number of carbonyl (C=O) groups is 2. The van der Waals surface area contributed by atoms with Gasteiger partial charge in [-0.2, -0.15) is 5.10 Å². The van der Waals surface area contributed by atoms with E-state index in [-0.39, 0.29) is 11.6 Å². The van der Waals surface area contributed by atoms with E-state index < -0.39 is 17.9 Å². The van der Waals surface area contributed by atoms with Crippen LogP contribution in [0.3, 0.4) is 0 Å². The molecule has 1 atom stereocenters. The summed E-state index contributed by atoms with van der Waals surface area (Å²) in [5.41, 5.74) is 4.11. The van der Waals surface area contributed by atoms with E-state index in [0.29, 0.717) is 0 Å². The number of hydrogen-bond acceptors (Lipinski definition) is 3. The Morgan fingerprint density at radius 1 is 1.08 bits per heavy atom.